The van der Waals surface area contributed by atoms with Crippen molar-refractivity contribution >= 4 is 28.3 Å². The summed E-state index contributed by atoms with van der Waals surface area (Å²) in [7, 11) is 0. The average Bonchev–Trinajstić information content (AvgIpc) is 2.29. The van der Waals surface area contributed by atoms with E-state index in [2.05, 4.69) is 39.7 Å². The smallest absolute Gasteiger partial charge is 0.124 e. The van der Waals surface area contributed by atoms with E-state index in [0.29, 0.717) is 6.04 Å². The molecule has 0 aromatic heterocycles. The van der Waals surface area contributed by atoms with Gasteiger partial charge < -0.3 is 10.2 Å². The highest BCUT2D eigenvalue weighted by molar-refractivity contribution is 14.1. The normalized spacial score (nSPS) is 20.6. The molecule has 1 N–H and O–H groups in total. The van der Waals surface area contributed by atoms with Crippen LogP contribution in [0.25, 0.3) is 0 Å². The van der Waals surface area contributed by atoms with Gasteiger partial charge in [0, 0.05) is 29.2 Å². The van der Waals surface area contributed by atoms with Crippen molar-refractivity contribution in [2.75, 3.05) is 24.5 Å². The van der Waals surface area contributed by atoms with Gasteiger partial charge in [-0.15, -0.1) is 0 Å². The van der Waals surface area contributed by atoms with Crippen LogP contribution in [0.1, 0.15) is 19.8 Å². The van der Waals surface area contributed by atoms with E-state index in [4.69, 9.17) is 0 Å². The van der Waals surface area contributed by atoms with Gasteiger partial charge >= 0.3 is 0 Å². The Balaban J connectivity index is 2.10. The van der Waals surface area contributed by atoms with Gasteiger partial charge in [0.2, 0.25) is 0 Å². The summed E-state index contributed by atoms with van der Waals surface area (Å²) < 4.78 is 14.1. The third-order valence-corrected chi connectivity index (χ3v) is 4.01. The predicted octanol–water partition coefficient (Wildman–Crippen LogP) is 3.01. The number of hydrogen-bond donors (Lipinski definition) is 1. The summed E-state index contributed by atoms with van der Waals surface area (Å²) >= 11 is 2.21. The molecule has 94 valence electrons. The van der Waals surface area contributed by atoms with Crippen molar-refractivity contribution in [1.82, 2.24) is 5.32 Å². The van der Waals surface area contributed by atoms with E-state index in [1.165, 1.54) is 12.8 Å². The second kappa shape index (κ2) is 6.00. The summed E-state index contributed by atoms with van der Waals surface area (Å²) in [4.78, 5) is 2.36. The molecule has 1 unspecified atom stereocenters. The fraction of sp³-hybridized carbons (Fsp3) is 0.538. The van der Waals surface area contributed by atoms with Gasteiger partial charge in [-0.25, -0.2) is 4.39 Å². The summed E-state index contributed by atoms with van der Waals surface area (Å²) in [5.41, 5.74) is 1.16. The Morgan fingerprint density at radius 2 is 2.35 bits per heavy atom. The molecule has 1 atom stereocenters. The van der Waals surface area contributed by atoms with Crippen LogP contribution in [0.15, 0.2) is 18.2 Å². The summed E-state index contributed by atoms with van der Waals surface area (Å²) in [6, 6.07) is 5.61. The van der Waals surface area contributed by atoms with Crippen molar-refractivity contribution in [3.05, 3.63) is 27.6 Å². The monoisotopic (exact) mass is 348 g/mol. The molecule has 1 heterocycles. The van der Waals surface area contributed by atoms with Crippen LogP contribution in [0.3, 0.4) is 0 Å². The number of halogens is 2. The second-order valence-corrected chi connectivity index (χ2v) is 5.64. The van der Waals surface area contributed by atoms with E-state index in [1.54, 1.807) is 12.1 Å². The Labute approximate surface area is 116 Å². The predicted molar refractivity (Wildman–Crippen MR) is 78.0 cm³/mol. The minimum atomic E-state index is -0.154. The number of anilines is 1. The molecule has 1 fully saturated rings. The molecule has 1 aliphatic heterocycles. The summed E-state index contributed by atoms with van der Waals surface area (Å²) in [6.45, 7) is 5.25. The van der Waals surface area contributed by atoms with Crippen LogP contribution in [-0.2, 0) is 0 Å². The van der Waals surface area contributed by atoms with Crippen LogP contribution in [0.5, 0.6) is 0 Å². The molecule has 0 radical (unpaired) electrons. The summed E-state index contributed by atoms with van der Waals surface area (Å²) in [6.07, 6.45) is 2.40. The molecule has 0 aliphatic carbocycles. The van der Waals surface area contributed by atoms with Gasteiger partial charge in [0.25, 0.3) is 0 Å². The van der Waals surface area contributed by atoms with Crippen molar-refractivity contribution in [2.24, 2.45) is 0 Å². The van der Waals surface area contributed by atoms with Crippen LogP contribution in [0.4, 0.5) is 10.1 Å². The zero-order chi connectivity index (χ0) is 12.3. The van der Waals surface area contributed by atoms with Crippen LogP contribution < -0.4 is 10.2 Å². The highest BCUT2D eigenvalue weighted by atomic mass is 127. The second-order valence-electron chi connectivity index (χ2n) is 4.48. The first-order valence-corrected chi connectivity index (χ1v) is 7.22. The topological polar surface area (TPSA) is 15.3 Å². The molecule has 0 saturated carbocycles. The molecule has 0 spiro atoms. The maximum atomic E-state index is 13.1. The van der Waals surface area contributed by atoms with Crippen molar-refractivity contribution in [1.29, 1.82) is 0 Å². The van der Waals surface area contributed by atoms with Crippen LogP contribution in [0.2, 0.25) is 0 Å². The van der Waals surface area contributed by atoms with Crippen molar-refractivity contribution in [3.63, 3.8) is 0 Å². The molecule has 1 aromatic carbocycles. The molecule has 1 aliphatic rings. The lowest BCUT2D eigenvalue weighted by Crippen LogP contribution is -2.50. The molecule has 0 amide bonds. The molecule has 4 heteroatoms. The maximum absolute atomic E-state index is 13.1. The minimum Gasteiger partial charge on any atom is -0.368 e. The quantitative estimate of drug-likeness (QED) is 0.845. The van der Waals surface area contributed by atoms with Gasteiger partial charge in [0.05, 0.1) is 5.69 Å². The average molecular weight is 348 g/mol. The Morgan fingerprint density at radius 3 is 3.06 bits per heavy atom. The lowest BCUT2D eigenvalue weighted by molar-refractivity contribution is 0.430. The lowest BCUT2D eigenvalue weighted by atomic mass is 10.1. The molecule has 1 aromatic rings. The van der Waals surface area contributed by atoms with Crippen molar-refractivity contribution in [2.45, 2.75) is 25.8 Å². The van der Waals surface area contributed by atoms with Crippen LogP contribution >= 0.6 is 22.6 Å². The van der Waals surface area contributed by atoms with Crippen molar-refractivity contribution < 1.29 is 4.39 Å². The molecule has 17 heavy (non-hydrogen) atoms. The molecule has 2 nitrogen and oxygen atoms in total. The number of hydrogen-bond acceptors (Lipinski definition) is 2. The number of benzene rings is 1. The zero-order valence-electron chi connectivity index (χ0n) is 10.0. The third-order valence-electron chi connectivity index (χ3n) is 3.14. The molecule has 1 saturated heterocycles. The van der Waals surface area contributed by atoms with Crippen molar-refractivity contribution in [3.8, 4) is 0 Å². The maximum Gasteiger partial charge on any atom is 0.124 e. The fourth-order valence-electron chi connectivity index (χ4n) is 2.32. The zero-order valence-corrected chi connectivity index (χ0v) is 12.2. The van der Waals surface area contributed by atoms with Gasteiger partial charge in [0.15, 0.2) is 0 Å². The van der Waals surface area contributed by atoms with Gasteiger partial charge in [-0.3, -0.25) is 0 Å². The van der Waals surface area contributed by atoms with E-state index in [0.717, 1.165) is 28.9 Å². The van der Waals surface area contributed by atoms with Gasteiger partial charge in [-0.2, -0.15) is 0 Å². The minimum absolute atomic E-state index is 0.154. The highest BCUT2D eigenvalue weighted by Crippen LogP contribution is 2.24. The van der Waals surface area contributed by atoms with Gasteiger partial charge in [0.1, 0.15) is 5.82 Å². The fourth-order valence-corrected chi connectivity index (χ4v) is 3.14. The van der Waals surface area contributed by atoms with E-state index in [-0.39, 0.29) is 5.82 Å². The highest BCUT2D eigenvalue weighted by Gasteiger charge is 2.20. The molecular weight excluding hydrogens is 330 g/mol. The van der Waals surface area contributed by atoms with E-state index in [1.807, 2.05) is 6.07 Å². The standard InChI is InChI=1S/C13H18FIN2/c1-2-3-11-9-17(7-6-16-11)13-5-4-10(14)8-12(13)15/h4-5,8,11,16H,2-3,6-7,9H2,1H3. The largest absolute Gasteiger partial charge is 0.368 e. The first-order valence-electron chi connectivity index (χ1n) is 6.14. The van der Waals surface area contributed by atoms with E-state index >= 15 is 0 Å². The van der Waals surface area contributed by atoms with Gasteiger partial charge in [-0.1, -0.05) is 13.3 Å². The number of nitrogens with one attached hydrogen (secondary N) is 1. The number of rotatable bonds is 3. The SMILES string of the molecule is CCCC1CN(c2ccc(F)cc2I)CCN1. The first-order chi connectivity index (χ1) is 8.20. The molecular formula is C13H18FIN2. The first kappa shape index (κ1) is 13.1. The molecule has 2 rings (SSSR count). The number of nitrogens with zero attached hydrogens (tertiary/aromatic N) is 1. The Kier molecular flexibility index (Phi) is 4.62. The molecule has 0 bridgehead atoms. The number of piperazine rings is 1. The summed E-state index contributed by atoms with van der Waals surface area (Å²) in [5, 5.41) is 3.53. The van der Waals surface area contributed by atoms with Crippen LogP contribution in [-0.4, -0.2) is 25.7 Å². The lowest BCUT2D eigenvalue weighted by Gasteiger charge is -2.35. The summed E-state index contributed by atoms with van der Waals surface area (Å²) in [5.74, 6) is -0.154. The van der Waals surface area contributed by atoms with Gasteiger partial charge in [-0.05, 0) is 47.2 Å². The van der Waals surface area contributed by atoms with E-state index in [9.17, 15) is 4.39 Å². The van der Waals surface area contributed by atoms with E-state index < -0.39 is 0 Å². The Bertz CT molecular complexity index is 382. The van der Waals surface area contributed by atoms with Crippen LogP contribution in [0, 0.1) is 9.39 Å². The Hall–Kier alpha value is -0.360. The Morgan fingerprint density at radius 1 is 1.53 bits per heavy atom. The third kappa shape index (κ3) is 3.31.